The van der Waals surface area contributed by atoms with Gasteiger partial charge in [-0.05, 0) is 151 Å². The van der Waals surface area contributed by atoms with Crippen molar-refractivity contribution in [2.24, 2.45) is 17.2 Å². The van der Waals surface area contributed by atoms with E-state index in [1.165, 1.54) is 18.2 Å². The quantitative estimate of drug-likeness (QED) is 0.103. The molecule has 1 rings (SSSR count). The molecule has 0 aliphatic heterocycles. The summed E-state index contributed by atoms with van der Waals surface area (Å²) in [5.74, 6) is -1.85. The second kappa shape index (κ2) is 15.1. The van der Waals surface area contributed by atoms with E-state index in [1.807, 2.05) is 0 Å². The van der Waals surface area contributed by atoms with E-state index in [9.17, 15) is 14.4 Å². The molecule has 258 valence electrons. The van der Waals surface area contributed by atoms with Gasteiger partial charge in [0, 0.05) is 47.0 Å². The van der Waals surface area contributed by atoms with Crippen LogP contribution in [-0.2, 0) is 0 Å². The standard InChI is InChI=1S/C27H45Cl6N9O3/c1-22(2,13-26(8,35)41(30)31)37-19(43)16-10-17(20(44)38-23(3,4)14-27(9,36)42(32)33)12-18(11-16)21(45)39-25(7,34)15-24(5,6)40(28)29/h10-12H,13-15,34-36H2,1-9H3,(H,37,43)(H,38,44)(H,39,45). The predicted octanol–water partition coefficient (Wildman–Crippen LogP) is 5.24. The van der Waals surface area contributed by atoms with Crippen molar-refractivity contribution in [3.63, 3.8) is 0 Å². The number of halogens is 6. The molecule has 0 radical (unpaired) electrons. The van der Waals surface area contributed by atoms with Crippen LogP contribution < -0.4 is 33.2 Å². The highest BCUT2D eigenvalue weighted by Gasteiger charge is 2.38. The van der Waals surface area contributed by atoms with Gasteiger partial charge in [0.1, 0.15) is 0 Å². The van der Waals surface area contributed by atoms with Crippen molar-refractivity contribution in [3.05, 3.63) is 34.9 Å². The number of carbonyl (C=O) groups excluding carboxylic acids is 3. The predicted molar refractivity (Wildman–Crippen MR) is 183 cm³/mol. The third kappa shape index (κ3) is 13.3. The molecule has 3 unspecified atom stereocenters. The lowest BCUT2D eigenvalue weighted by atomic mass is 9.91. The van der Waals surface area contributed by atoms with Gasteiger partial charge in [0.15, 0.2) is 0 Å². The van der Waals surface area contributed by atoms with Crippen LogP contribution in [0.3, 0.4) is 0 Å². The highest BCUT2D eigenvalue weighted by atomic mass is 35.6. The van der Waals surface area contributed by atoms with E-state index in [4.69, 9.17) is 87.9 Å². The molecule has 45 heavy (non-hydrogen) atoms. The van der Waals surface area contributed by atoms with Crippen molar-refractivity contribution in [2.45, 2.75) is 115 Å². The van der Waals surface area contributed by atoms with Gasteiger partial charge in [0.2, 0.25) is 0 Å². The fourth-order valence-corrected chi connectivity index (χ4v) is 5.47. The molecule has 12 nitrogen and oxygen atoms in total. The number of amides is 3. The largest absolute Gasteiger partial charge is 0.347 e. The number of hydrogen-bond acceptors (Lipinski definition) is 9. The maximum Gasteiger partial charge on any atom is 0.252 e. The van der Waals surface area contributed by atoms with Crippen LogP contribution >= 0.6 is 70.7 Å². The maximum absolute atomic E-state index is 13.6. The first-order valence-electron chi connectivity index (χ1n) is 13.8. The van der Waals surface area contributed by atoms with Crippen molar-refractivity contribution in [2.75, 3.05) is 0 Å². The molecule has 0 bridgehead atoms. The fourth-order valence-electron chi connectivity index (χ4n) is 5.11. The Balaban J connectivity index is 3.54. The highest BCUT2D eigenvalue weighted by molar-refractivity contribution is 6.35. The van der Waals surface area contributed by atoms with E-state index < -0.39 is 51.3 Å². The zero-order chi connectivity index (χ0) is 35.6. The molecule has 0 fully saturated rings. The maximum atomic E-state index is 13.6. The van der Waals surface area contributed by atoms with Crippen LogP contribution in [0.2, 0.25) is 0 Å². The Morgan fingerprint density at radius 3 is 1.11 bits per heavy atom. The highest BCUT2D eigenvalue weighted by Crippen LogP contribution is 2.29. The number of hydrogen-bond donors (Lipinski definition) is 6. The van der Waals surface area contributed by atoms with Crippen LogP contribution in [0.1, 0.15) is 113 Å². The van der Waals surface area contributed by atoms with E-state index in [-0.39, 0.29) is 36.0 Å². The number of carbonyl (C=O) groups is 3. The first-order chi connectivity index (χ1) is 19.9. The average molecular weight is 756 g/mol. The van der Waals surface area contributed by atoms with Gasteiger partial charge >= 0.3 is 0 Å². The Hall–Kier alpha value is -0.870. The van der Waals surface area contributed by atoms with Crippen molar-refractivity contribution >= 4 is 88.4 Å². The molecule has 0 aliphatic rings. The SMILES string of the molecule is CC(C)(CC(C)(N)N(Cl)Cl)NC(=O)c1cc(C(=O)NC(C)(C)CC(C)(N)N(Cl)Cl)cc(C(=O)NC(C)(N)CC(C)(C)N(Cl)Cl)c1. The minimum Gasteiger partial charge on any atom is -0.347 e. The zero-order valence-electron chi connectivity index (χ0n) is 26.9. The van der Waals surface area contributed by atoms with Crippen molar-refractivity contribution < 1.29 is 14.4 Å². The van der Waals surface area contributed by atoms with Crippen LogP contribution in [0.4, 0.5) is 0 Å². The molecule has 0 saturated carbocycles. The number of nitrogens with two attached hydrogens (primary N) is 3. The van der Waals surface area contributed by atoms with Gasteiger partial charge in [0.05, 0.1) is 22.5 Å². The lowest BCUT2D eigenvalue weighted by Gasteiger charge is -2.37. The number of nitrogens with zero attached hydrogens (tertiary/aromatic N) is 3. The van der Waals surface area contributed by atoms with Gasteiger partial charge < -0.3 is 33.2 Å². The monoisotopic (exact) mass is 753 g/mol. The van der Waals surface area contributed by atoms with Crippen molar-refractivity contribution in [1.29, 1.82) is 0 Å². The third-order valence-corrected chi connectivity index (χ3v) is 9.11. The third-order valence-electron chi connectivity index (χ3n) is 6.65. The van der Waals surface area contributed by atoms with Crippen molar-refractivity contribution in [3.8, 4) is 0 Å². The van der Waals surface area contributed by atoms with E-state index >= 15 is 0 Å². The summed E-state index contributed by atoms with van der Waals surface area (Å²) in [6, 6.07) is 4.03. The van der Waals surface area contributed by atoms with Gasteiger partial charge in [-0.1, -0.05) is 0 Å². The van der Waals surface area contributed by atoms with Gasteiger partial charge in [0.25, 0.3) is 17.7 Å². The Labute approximate surface area is 296 Å². The smallest absolute Gasteiger partial charge is 0.252 e. The van der Waals surface area contributed by atoms with Gasteiger partial charge in [-0.3, -0.25) is 14.4 Å². The average Bonchev–Trinajstić information content (AvgIpc) is 2.80. The van der Waals surface area contributed by atoms with Gasteiger partial charge in [-0.25, -0.2) is 0 Å². The summed E-state index contributed by atoms with van der Waals surface area (Å²) in [5.41, 5.74) is 12.4. The summed E-state index contributed by atoms with van der Waals surface area (Å²) in [7, 11) is 0. The summed E-state index contributed by atoms with van der Waals surface area (Å²) < 4.78 is 2.55. The summed E-state index contributed by atoms with van der Waals surface area (Å²) in [5, 5.41) is 8.45. The van der Waals surface area contributed by atoms with E-state index in [0.717, 1.165) is 11.8 Å². The summed E-state index contributed by atoms with van der Waals surface area (Å²) in [6.07, 6.45) is 0.409. The Morgan fingerprint density at radius 2 is 0.844 bits per heavy atom. The number of nitrogens with one attached hydrogen (secondary N) is 3. The minimum atomic E-state index is -1.30. The molecular weight excluding hydrogens is 711 g/mol. The van der Waals surface area contributed by atoms with Gasteiger partial charge in [-0.15, -0.1) is 11.8 Å². The van der Waals surface area contributed by atoms with Crippen LogP contribution in [-0.4, -0.2) is 63.1 Å². The lowest BCUT2D eigenvalue weighted by Crippen LogP contribution is -2.58. The van der Waals surface area contributed by atoms with Crippen LogP contribution in [0, 0.1) is 0 Å². The Morgan fingerprint density at radius 1 is 0.556 bits per heavy atom. The Bertz CT molecular complexity index is 1080. The lowest BCUT2D eigenvalue weighted by molar-refractivity contribution is 0.0882. The summed E-state index contributed by atoms with van der Waals surface area (Å²) >= 11 is 35.4. The molecule has 0 spiro atoms. The first-order valence-corrected chi connectivity index (χ1v) is 15.8. The van der Waals surface area contributed by atoms with E-state index in [2.05, 4.69) is 16.0 Å². The van der Waals surface area contributed by atoms with Crippen LogP contribution in [0.15, 0.2) is 18.2 Å². The molecule has 9 N–H and O–H groups in total. The van der Waals surface area contributed by atoms with E-state index in [1.54, 1.807) is 62.3 Å². The molecule has 0 aliphatic carbocycles. The summed E-state index contributed by atoms with van der Waals surface area (Å²) in [4.78, 5) is 40.6. The molecule has 18 heteroatoms. The summed E-state index contributed by atoms with van der Waals surface area (Å²) in [6.45, 7) is 15.1. The normalized spacial score (nSPS) is 17.0. The molecule has 1 aromatic rings. The molecule has 1 aromatic carbocycles. The molecule has 0 saturated heterocycles. The second-order valence-corrected chi connectivity index (χ2v) is 16.6. The molecule has 0 heterocycles. The molecule has 3 amide bonds. The first kappa shape index (κ1) is 42.2. The topological polar surface area (TPSA) is 175 Å². The fraction of sp³-hybridized carbons (Fsp3) is 0.667. The zero-order valence-corrected chi connectivity index (χ0v) is 31.5. The number of benzene rings is 1. The van der Waals surface area contributed by atoms with Crippen LogP contribution in [0.5, 0.6) is 0 Å². The molecule has 0 aromatic heterocycles. The molecular formula is C27H45Cl6N9O3. The van der Waals surface area contributed by atoms with Gasteiger partial charge in [-0.2, -0.15) is 0 Å². The number of rotatable bonds is 15. The van der Waals surface area contributed by atoms with Crippen LogP contribution in [0.25, 0.3) is 0 Å². The Kier molecular flexibility index (Phi) is 14.2. The van der Waals surface area contributed by atoms with Crippen molar-refractivity contribution in [1.82, 2.24) is 27.8 Å². The minimum absolute atomic E-state index is 0.00843. The second-order valence-electron chi connectivity index (χ2n) is 14.1. The van der Waals surface area contributed by atoms with E-state index in [0.29, 0.717) is 0 Å². The molecule has 3 atom stereocenters.